The molecule has 33 heavy (non-hydrogen) atoms. The van der Waals surface area contributed by atoms with Gasteiger partial charge in [-0.25, -0.2) is 0 Å². The molecule has 0 bridgehead atoms. The SMILES string of the molecule is C=CCOC1(OCC=C)CCN(CCc2ccccc2)CC1.Cc1ccc(S(=O)(=O)O)cc1. The lowest BCUT2D eigenvalue weighted by Gasteiger charge is -2.41. The minimum atomic E-state index is -4.02. The number of piperidine rings is 1. The molecule has 1 saturated heterocycles. The summed E-state index contributed by atoms with van der Waals surface area (Å²) in [6.45, 7) is 13.4. The third-order valence-corrected chi connectivity index (χ3v) is 6.29. The van der Waals surface area contributed by atoms with E-state index in [4.69, 9.17) is 14.0 Å². The Morgan fingerprint density at radius 3 is 2.00 bits per heavy atom. The van der Waals surface area contributed by atoms with Crippen LogP contribution in [0.2, 0.25) is 0 Å². The number of rotatable bonds is 10. The average molecular weight is 474 g/mol. The van der Waals surface area contributed by atoms with E-state index >= 15 is 0 Å². The van der Waals surface area contributed by atoms with Crippen molar-refractivity contribution in [1.82, 2.24) is 4.90 Å². The number of hydrogen-bond donors (Lipinski definition) is 1. The van der Waals surface area contributed by atoms with Gasteiger partial charge < -0.3 is 14.4 Å². The number of likely N-dealkylation sites (tertiary alicyclic amines) is 1. The van der Waals surface area contributed by atoms with E-state index in [-0.39, 0.29) is 4.90 Å². The van der Waals surface area contributed by atoms with Gasteiger partial charge in [0.2, 0.25) is 0 Å². The van der Waals surface area contributed by atoms with Gasteiger partial charge in [0.05, 0.1) is 18.1 Å². The maximum atomic E-state index is 10.5. The van der Waals surface area contributed by atoms with Crippen molar-refractivity contribution < 1.29 is 22.4 Å². The first kappa shape index (κ1) is 27.0. The molecule has 3 rings (SSSR count). The Labute approximate surface area is 198 Å². The molecule has 0 radical (unpaired) electrons. The van der Waals surface area contributed by atoms with Gasteiger partial charge in [0, 0.05) is 32.5 Å². The van der Waals surface area contributed by atoms with E-state index in [2.05, 4.69) is 48.4 Å². The van der Waals surface area contributed by atoms with Gasteiger partial charge in [0.15, 0.2) is 5.79 Å². The maximum absolute atomic E-state index is 10.5. The number of aryl methyl sites for hydroxylation is 1. The van der Waals surface area contributed by atoms with Gasteiger partial charge in [-0.05, 0) is 31.0 Å². The number of hydrogen-bond acceptors (Lipinski definition) is 5. The third kappa shape index (κ3) is 9.61. The van der Waals surface area contributed by atoms with E-state index in [1.807, 2.05) is 6.92 Å². The number of nitrogens with zero attached hydrogens (tertiary/aromatic N) is 1. The molecule has 1 heterocycles. The maximum Gasteiger partial charge on any atom is 0.294 e. The van der Waals surface area contributed by atoms with Gasteiger partial charge in [-0.15, -0.1) is 13.2 Å². The summed E-state index contributed by atoms with van der Waals surface area (Å²) in [7, 11) is -4.02. The molecule has 0 aliphatic carbocycles. The van der Waals surface area contributed by atoms with Crippen LogP contribution in [0.4, 0.5) is 0 Å². The van der Waals surface area contributed by atoms with E-state index in [1.54, 1.807) is 24.3 Å². The van der Waals surface area contributed by atoms with E-state index in [1.165, 1.54) is 17.7 Å². The first-order chi connectivity index (χ1) is 15.8. The summed E-state index contributed by atoms with van der Waals surface area (Å²) < 4.78 is 41.4. The predicted octanol–water partition coefficient (Wildman–Crippen LogP) is 4.67. The predicted molar refractivity (Wildman–Crippen MR) is 132 cm³/mol. The van der Waals surface area contributed by atoms with Crippen molar-refractivity contribution in [2.45, 2.75) is 36.9 Å². The van der Waals surface area contributed by atoms with Crippen molar-refractivity contribution in [2.75, 3.05) is 32.8 Å². The first-order valence-corrected chi connectivity index (χ1v) is 12.5. The van der Waals surface area contributed by atoms with E-state index < -0.39 is 15.9 Å². The molecule has 0 aromatic heterocycles. The molecule has 1 N–H and O–H groups in total. The molecule has 0 saturated carbocycles. The lowest BCUT2D eigenvalue weighted by atomic mass is 10.0. The zero-order chi connectivity index (χ0) is 24.2. The van der Waals surface area contributed by atoms with Crippen molar-refractivity contribution in [3.8, 4) is 0 Å². The summed E-state index contributed by atoms with van der Waals surface area (Å²) in [5.41, 5.74) is 2.35. The first-order valence-electron chi connectivity index (χ1n) is 11.1. The highest BCUT2D eigenvalue weighted by atomic mass is 32.2. The summed E-state index contributed by atoms with van der Waals surface area (Å²) in [6, 6.07) is 16.6. The Kier molecular flexibility index (Phi) is 11.0. The van der Waals surface area contributed by atoms with Crippen molar-refractivity contribution in [3.05, 3.63) is 91.0 Å². The van der Waals surface area contributed by atoms with Crippen LogP contribution in [-0.2, 0) is 26.0 Å². The van der Waals surface area contributed by atoms with Crippen LogP contribution in [0.15, 0.2) is 84.8 Å². The van der Waals surface area contributed by atoms with Gasteiger partial charge in [-0.3, -0.25) is 4.55 Å². The number of ether oxygens (including phenoxy) is 2. The molecule has 180 valence electrons. The molecular formula is C26H35NO5S. The fourth-order valence-electron chi connectivity index (χ4n) is 3.51. The van der Waals surface area contributed by atoms with Gasteiger partial charge in [-0.2, -0.15) is 8.42 Å². The summed E-state index contributed by atoms with van der Waals surface area (Å²) in [5, 5.41) is 0. The lowest BCUT2D eigenvalue weighted by molar-refractivity contribution is -0.246. The van der Waals surface area contributed by atoms with E-state index in [9.17, 15) is 8.42 Å². The highest BCUT2D eigenvalue weighted by Gasteiger charge is 2.35. The molecule has 0 spiro atoms. The molecule has 0 amide bonds. The summed E-state index contributed by atoms with van der Waals surface area (Å²) in [5.74, 6) is -0.467. The smallest absolute Gasteiger partial charge is 0.294 e. The minimum absolute atomic E-state index is 0.0666. The number of benzene rings is 2. The standard InChI is InChI=1S/C19H27NO2.C7H8O3S/c1-3-16-21-19(22-17-4-2)11-14-20(15-12-19)13-10-18-8-6-5-7-9-18;1-6-2-4-7(5-3-6)11(8,9)10/h3-9H,1-2,10-17H2;2-5H,1H3,(H,8,9,10). The molecular weight excluding hydrogens is 438 g/mol. The van der Waals surface area contributed by atoms with Crippen LogP contribution in [0.5, 0.6) is 0 Å². The van der Waals surface area contributed by atoms with Crippen molar-refractivity contribution in [3.63, 3.8) is 0 Å². The molecule has 1 aliphatic heterocycles. The Hall–Kier alpha value is -2.29. The monoisotopic (exact) mass is 473 g/mol. The van der Waals surface area contributed by atoms with Gasteiger partial charge in [-0.1, -0.05) is 60.2 Å². The molecule has 7 heteroatoms. The normalized spacial score (nSPS) is 15.8. The fraction of sp³-hybridized carbons (Fsp3) is 0.385. The Bertz CT molecular complexity index is 936. The molecule has 0 atom stereocenters. The second kappa shape index (κ2) is 13.4. The minimum Gasteiger partial charge on any atom is -0.346 e. The fourth-order valence-corrected chi connectivity index (χ4v) is 3.99. The van der Waals surface area contributed by atoms with Crippen LogP contribution in [0.3, 0.4) is 0 Å². The quantitative estimate of drug-likeness (QED) is 0.307. The highest BCUT2D eigenvalue weighted by molar-refractivity contribution is 7.85. The van der Waals surface area contributed by atoms with Crippen molar-refractivity contribution in [1.29, 1.82) is 0 Å². The summed E-state index contributed by atoms with van der Waals surface area (Å²) in [6.07, 6.45) is 6.43. The second-order valence-electron chi connectivity index (χ2n) is 7.98. The van der Waals surface area contributed by atoms with Crippen LogP contribution >= 0.6 is 0 Å². The van der Waals surface area contributed by atoms with Crippen LogP contribution < -0.4 is 0 Å². The van der Waals surface area contributed by atoms with Gasteiger partial charge in [0.1, 0.15) is 0 Å². The zero-order valence-electron chi connectivity index (χ0n) is 19.4. The summed E-state index contributed by atoms with van der Waals surface area (Å²) in [4.78, 5) is 2.42. The third-order valence-electron chi connectivity index (χ3n) is 5.42. The summed E-state index contributed by atoms with van der Waals surface area (Å²) >= 11 is 0. The molecule has 1 aliphatic rings. The second-order valence-corrected chi connectivity index (χ2v) is 9.40. The van der Waals surface area contributed by atoms with Crippen molar-refractivity contribution >= 4 is 10.1 Å². The molecule has 6 nitrogen and oxygen atoms in total. The van der Waals surface area contributed by atoms with Crippen LogP contribution in [-0.4, -0.2) is 56.5 Å². The van der Waals surface area contributed by atoms with Crippen LogP contribution in [0.25, 0.3) is 0 Å². The van der Waals surface area contributed by atoms with Crippen LogP contribution in [0, 0.1) is 6.92 Å². The molecule has 0 unspecified atom stereocenters. The molecule has 2 aromatic rings. The van der Waals surface area contributed by atoms with Gasteiger partial charge in [0.25, 0.3) is 10.1 Å². The van der Waals surface area contributed by atoms with Gasteiger partial charge >= 0.3 is 0 Å². The van der Waals surface area contributed by atoms with E-state index in [0.717, 1.165) is 44.5 Å². The Morgan fingerprint density at radius 1 is 0.970 bits per heavy atom. The highest BCUT2D eigenvalue weighted by Crippen LogP contribution is 2.28. The Balaban J connectivity index is 0.000000294. The topological polar surface area (TPSA) is 76.1 Å². The zero-order valence-corrected chi connectivity index (χ0v) is 20.2. The molecule has 2 aromatic carbocycles. The largest absolute Gasteiger partial charge is 0.346 e. The van der Waals surface area contributed by atoms with E-state index in [0.29, 0.717) is 13.2 Å². The lowest BCUT2D eigenvalue weighted by Crippen LogP contribution is -2.48. The Morgan fingerprint density at radius 2 is 1.52 bits per heavy atom. The average Bonchev–Trinajstić information content (AvgIpc) is 2.82. The van der Waals surface area contributed by atoms with Crippen molar-refractivity contribution in [2.24, 2.45) is 0 Å². The van der Waals surface area contributed by atoms with Crippen LogP contribution in [0.1, 0.15) is 24.0 Å². The molecule has 1 fully saturated rings.